The Bertz CT molecular complexity index is 1260. The fraction of sp³-hybridized carbons (Fsp3) is 0.208. The van der Waals surface area contributed by atoms with Crippen molar-refractivity contribution in [3.63, 3.8) is 0 Å². The first-order chi connectivity index (χ1) is 16.2. The third-order valence-electron chi connectivity index (χ3n) is 4.84. The molecule has 0 bridgehead atoms. The third kappa shape index (κ3) is 6.24. The molecule has 8 nitrogen and oxygen atoms in total. The standard InChI is InChI=1S/C24H25FN2O6S/c1-16-4-10-20(34(29,30)27-17-5-8-19(32-3)9-6-17)15-21(16)24(28)26-18-7-11-23(22(25)14-18)33-13-12-31-2/h4-11,14-15,27H,12-13H2,1-3H3,(H,26,28). The fourth-order valence-electron chi connectivity index (χ4n) is 3.02. The fourth-order valence-corrected chi connectivity index (χ4v) is 4.10. The molecule has 0 atom stereocenters. The van der Waals surface area contributed by atoms with E-state index in [0.29, 0.717) is 23.6 Å². The lowest BCUT2D eigenvalue weighted by Gasteiger charge is -2.13. The number of ether oxygens (including phenoxy) is 3. The number of amides is 1. The molecule has 0 radical (unpaired) electrons. The predicted octanol–water partition coefficient (Wildman–Crippen LogP) is 4.22. The number of sulfonamides is 1. The van der Waals surface area contributed by atoms with Crippen molar-refractivity contribution >= 4 is 27.3 Å². The van der Waals surface area contributed by atoms with Gasteiger partial charge in [-0.05, 0) is 61.0 Å². The monoisotopic (exact) mass is 488 g/mol. The molecular weight excluding hydrogens is 463 g/mol. The molecule has 3 rings (SSSR count). The summed E-state index contributed by atoms with van der Waals surface area (Å²) in [7, 11) is -0.938. The average Bonchev–Trinajstić information content (AvgIpc) is 2.81. The van der Waals surface area contributed by atoms with Crippen LogP contribution in [0.3, 0.4) is 0 Å². The van der Waals surface area contributed by atoms with Crippen LogP contribution in [0.2, 0.25) is 0 Å². The summed E-state index contributed by atoms with van der Waals surface area (Å²) < 4.78 is 57.6. The maximum Gasteiger partial charge on any atom is 0.261 e. The number of hydrogen-bond donors (Lipinski definition) is 2. The molecule has 0 aromatic heterocycles. The van der Waals surface area contributed by atoms with Crippen molar-refractivity contribution in [3.05, 3.63) is 77.6 Å². The quantitative estimate of drug-likeness (QED) is 0.414. The van der Waals surface area contributed by atoms with Gasteiger partial charge in [0, 0.05) is 30.1 Å². The van der Waals surface area contributed by atoms with Crippen molar-refractivity contribution in [1.29, 1.82) is 0 Å². The van der Waals surface area contributed by atoms with Crippen LogP contribution >= 0.6 is 0 Å². The number of methoxy groups -OCH3 is 2. The van der Waals surface area contributed by atoms with E-state index < -0.39 is 21.7 Å². The molecule has 0 unspecified atom stereocenters. The number of halogens is 1. The normalized spacial score (nSPS) is 11.1. The Morgan fingerprint density at radius 1 is 0.941 bits per heavy atom. The molecular formula is C24H25FN2O6S. The molecule has 180 valence electrons. The van der Waals surface area contributed by atoms with Crippen LogP contribution in [-0.4, -0.2) is 41.8 Å². The van der Waals surface area contributed by atoms with Gasteiger partial charge in [0.25, 0.3) is 15.9 Å². The van der Waals surface area contributed by atoms with Gasteiger partial charge in [-0.25, -0.2) is 12.8 Å². The summed E-state index contributed by atoms with van der Waals surface area (Å²) >= 11 is 0. The lowest BCUT2D eigenvalue weighted by atomic mass is 10.1. The van der Waals surface area contributed by atoms with Crippen molar-refractivity contribution in [2.75, 3.05) is 37.5 Å². The zero-order valence-electron chi connectivity index (χ0n) is 18.9. The Balaban J connectivity index is 1.77. The minimum atomic E-state index is -3.96. The summed E-state index contributed by atoms with van der Waals surface area (Å²) in [4.78, 5) is 12.7. The van der Waals surface area contributed by atoms with Crippen molar-refractivity contribution < 1.29 is 31.8 Å². The highest BCUT2D eigenvalue weighted by Gasteiger charge is 2.19. The average molecular weight is 489 g/mol. The van der Waals surface area contributed by atoms with E-state index in [1.54, 1.807) is 31.2 Å². The van der Waals surface area contributed by atoms with Crippen LogP contribution in [0.5, 0.6) is 11.5 Å². The van der Waals surface area contributed by atoms with Crippen LogP contribution < -0.4 is 19.5 Å². The van der Waals surface area contributed by atoms with Gasteiger partial charge >= 0.3 is 0 Å². The second kappa shape index (κ2) is 11.0. The van der Waals surface area contributed by atoms with Gasteiger partial charge in [-0.3, -0.25) is 9.52 Å². The molecule has 2 N–H and O–H groups in total. The molecule has 0 aliphatic rings. The van der Waals surface area contributed by atoms with Gasteiger partial charge in [0.05, 0.1) is 18.6 Å². The van der Waals surface area contributed by atoms with E-state index in [9.17, 15) is 17.6 Å². The summed E-state index contributed by atoms with van der Waals surface area (Å²) in [5, 5.41) is 2.59. The predicted molar refractivity (Wildman–Crippen MR) is 127 cm³/mol. The minimum Gasteiger partial charge on any atom is -0.497 e. The summed E-state index contributed by atoms with van der Waals surface area (Å²) in [5.41, 5.74) is 1.24. The Labute approximate surface area is 197 Å². The van der Waals surface area contributed by atoms with Gasteiger partial charge in [-0.2, -0.15) is 0 Å². The second-order valence-corrected chi connectivity index (χ2v) is 8.93. The number of rotatable bonds is 10. The first-order valence-electron chi connectivity index (χ1n) is 10.2. The number of benzene rings is 3. The second-order valence-electron chi connectivity index (χ2n) is 7.25. The molecule has 0 fully saturated rings. The Kier molecular flexibility index (Phi) is 8.08. The van der Waals surface area contributed by atoms with E-state index >= 15 is 0 Å². The maximum atomic E-state index is 14.3. The third-order valence-corrected chi connectivity index (χ3v) is 6.22. The topological polar surface area (TPSA) is 103 Å². The van der Waals surface area contributed by atoms with Crippen LogP contribution in [0.15, 0.2) is 65.6 Å². The summed E-state index contributed by atoms with van der Waals surface area (Å²) in [6.07, 6.45) is 0. The molecule has 3 aromatic rings. The van der Waals surface area contributed by atoms with Gasteiger partial charge in [0.1, 0.15) is 12.4 Å². The van der Waals surface area contributed by atoms with Crippen LogP contribution in [0.1, 0.15) is 15.9 Å². The number of anilines is 2. The molecule has 0 aliphatic heterocycles. The molecule has 10 heteroatoms. The highest BCUT2D eigenvalue weighted by molar-refractivity contribution is 7.92. The molecule has 0 saturated carbocycles. The molecule has 0 aliphatic carbocycles. The van der Waals surface area contributed by atoms with Crippen LogP contribution in [0, 0.1) is 12.7 Å². The zero-order chi connectivity index (χ0) is 24.7. The van der Waals surface area contributed by atoms with E-state index in [2.05, 4.69) is 10.0 Å². The first kappa shape index (κ1) is 25.0. The number of carbonyl (C=O) groups is 1. The van der Waals surface area contributed by atoms with Gasteiger partial charge < -0.3 is 19.5 Å². The van der Waals surface area contributed by atoms with Crippen LogP contribution in [0.25, 0.3) is 0 Å². The summed E-state index contributed by atoms with van der Waals surface area (Å²) in [5.74, 6) is -0.607. The lowest BCUT2D eigenvalue weighted by molar-refractivity contribution is 0.102. The highest BCUT2D eigenvalue weighted by atomic mass is 32.2. The zero-order valence-corrected chi connectivity index (χ0v) is 19.7. The van der Waals surface area contributed by atoms with E-state index in [-0.39, 0.29) is 28.5 Å². The molecule has 1 amide bonds. The smallest absolute Gasteiger partial charge is 0.261 e. The largest absolute Gasteiger partial charge is 0.497 e. The maximum absolute atomic E-state index is 14.3. The van der Waals surface area contributed by atoms with E-state index in [1.807, 2.05) is 0 Å². The highest BCUT2D eigenvalue weighted by Crippen LogP contribution is 2.24. The molecule has 34 heavy (non-hydrogen) atoms. The van der Waals surface area contributed by atoms with Crippen molar-refractivity contribution in [2.45, 2.75) is 11.8 Å². The Morgan fingerprint density at radius 2 is 1.65 bits per heavy atom. The van der Waals surface area contributed by atoms with Crippen LogP contribution in [-0.2, 0) is 14.8 Å². The molecule has 0 saturated heterocycles. The molecule has 0 spiro atoms. The van der Waals surface area contributed by atoms with Crippen LogP contribution in [0.4, 0.5) is 15.8 Å². The van der Waals surface area contributed by atoms with Gasteiger partial charge in [-0.1, -0.05) is 6.07 Å². The minimum absolute atomic E-state index is 0.0314. The Hall–Kier alpha value is -3.63. The van der Waals surface area contributed by atoms with Crippen molar-refractivity contribution in [1.82, 2.24) is 0 Å². The van der Waals surface area contributed by atoms with E-state index in [1.165, 1.54) is 44.6 Å². The van der Waals surface area contributed by atoms with Gasteiger partial charge in [-0.15, -0.1) is 0 Å². The lowest BCUT2D eigenvalue weighted by Crippen LogP contribution is -2.17. The number of aryl methyl sites for hydroxylation is 1. The van der Waals surface area contributed by atoms with E-state index in [4.69, 9.17) is 14.2 Å². The van der Waals surface area contributed by atoms with E-state index in [0.717, 1.165) is 6.07 Å². The number of nitrogens with one attached hydrogen (secondary N) is 2. The number of carbonyl (C=O) groups excluding carboxylic acids is 1. The summed E-state index contributed by atoms with van der Waals surface area (Å²) in [6, 6.07) is 14.6. The van der Waals surface area contributed by atoms with Gasteiger partial charge in [0.15, 0.2) is 11.6 Å². The Morgan fingerprint density at radius 3 is 2.29 bits per heavy atom. The van der Waals surface area contributed by atoms with Crippen molar-refractivity contribution in [2.24, 2.45) is 0 Å². The van der Waals surface area contributed by atoms with Crippen molar-refractivity contribution in [3.8, 4) is 11.5 Å². The molecule has 0 heterocycles. The summed E-state index contributed by atoms with van der Waals surface area (Å²) in [6.45, 7) is 2.17. The molecule has 3 aromatic carbocycles. The first-order valence-corrected chi connectivity index (χ1v) is 11.7. The SMILES string of the molecule is COCCOc1ccc(NC(=O)c2cc(S(=O)(=O)Nc3ccc(OC)cc3)ccc2C)cc1F. The number of hydrogen-bond acceptors (Lipinski definition) is 6. The van der Waals surface area contributed by atoms with Gasteiger partial charge in [0.2, 0.25) is 0 Å².